The van der Waals surface area contributed by atoms with E-state index in [0.717, 1.165) is 25.7 Å². The molecule has 13 nitrogen and oxygen atoms in total. The summed E-state index contributed by atoms with van der Waals surface area (Å²) in [5, 5.41) is 48.6. The Hall–Kier alpha value is -2.45. The first-order chi connectivity index (χ1) is 25.3. The third-order valence-corrected chi connectivity index (χ3v) is 8.66. The number of aliphatic hydroxyl groups excluding tert-OH is 5. The molecular weight excluding hydrogens is 707 g/mol. The number of carbonyl (C=O) groups excluding carboxylic acids is 2. The fourth-order valence-corrected chi connectivity index (χ4v) is 5.42. The van der Waals surface area contributed by atoms with E-state index < -0.39 is 76.7 Å². The van der Waals surface area contributed by atoms with Gasteiger partial charge in [-0.1, -0.05) is 126 Å². The lowest BCUT2D eigenvalue weighted by atomic mass is 10.0. The highest BCUT2D eigenvalue weighted by Gasteiger charge is 2.27. The third kappa shape index (κ3) is 32.7. The van der Waals surface area contributed by atoms with Crippen LogP contribution in [0.4, 0.5) is 0 Å². The summed E-state index contributed by atoms with van der Waals surface area (Å²) in [6.07, 6.45) is 21.7. The number of ether oxygens (including phenoxy) is 2. The van der Waals surface area contributed by atoms with Crippen molar-refractivity contribution in [2.24, 2.45) is 5.92 Å². The average molecular weight is 775 g/mol. The molecule has 0 heterocycles. The van der Waals surface area contributed by atoms with Gasteiger partial charge in [-0.25, -0.2) is 4.57 Å². The van der Waals surface area contributed by atoms with Gasteiger partial charge >= 0.3 is 19.8 Å². The predicted octanol–water partition coefficient (Wildman–Crippen LogP) is 5.93. The number of carbonyl (C=O) groups is 2. The summed E-state index contributed by atoms with van der Waals surface area (Å²) >= 11 is 0. The Morgan fingerprint density at radius 2 is 1.28 bits per heavy atom. The van der Waals surface area contributed by atoms with Crippen molar-refractivity contribution in [3.63, 3.8) is 0 Å². The van der Waals surface area contributed by atoms with Crippen LogP contribution in [-0.2, 0) is 32.7 Å². The van der Waals surface area contributed by atoms with Gasteiger partial charge < -0.3 is 39.9 Å². The first-order valence-electron chi connectivity index (χ1n) is 18.9. The van der Waals surface area contributed by atoms with Crippen LogP contribution in [0.3, 0.4) is 0 Å². The van der Waals surface area contributed by atoms with Gasteiger partial charge in [-0.05, 0) is 38.0 Å². The number of hydrogen-bond donors (Lipinski definition) is 6. The van der Waals surface area contributed by atoms with Crippen molar-refractivity contribution in [1.29, 1.82) is 0 Å². The van der Waals surface area contributed by atoms with E-state index in [4.69, 9.17) is 19.1 Å². The quantitative estimate of drug-likeness (QED) is 0.0150. The summed E-state index contributed by atoms with van der Waals surface area (Å²) in [6, 6.07) is 0. The molecular formula is C39H67O13P. The number of rotatable bonds is 33. The van der Waals surface area contributed by atoms with Gasteiger partial charge in [0.1, 0.15) is 12.7 Å². The second-order valence-corrected chi connectivity index (χ2v) is 14.7. The molecule has 1 unspecified atom stereocenters. The van der Waals surface area contributed by atoms with Gasteiger partial charge in [0, 0.05) is 12.8 Å². The summed E-state index contributed by atoms with van der Waals surface area (Å²) in [5.41, 5.74) is 0. The minimum Gasteiger partial charge on any atom is -0.462 e. The maximum absolute atomic E-state index is 12.6. The molecule has 306 valence electrons. The van der Waals surface area contributed by atoms with Gasteiger partial charge in [0.05, 0.1) is 38.1 Å². The van der Waals surface area contributed by atoms with Crippen molar-refractivity contribution in [2.45, 2.75) is 141 Å². The van der Waals surface area contributed by atoms with Crippen molar-refractivity contribution < 1.29 is 63.1 Å². The zero-order valence-electron chi connectivity index (χ0n) is 32.0. The van der Waals surface area contributed by atoms with Crippen molar-refractivity contribution in [3.05, 3.63) is 60.8 Å². The number of esters is 2. The Morgan fingerprint density at radius 3 is 1.92 bits per heavy atom. The highest BCUT2D eigenvalue weighted by Crippen LogP contribution is 2.43. The summed E-state index contributed by atoms with van der Waals surface area (Å²) < 4.78 is 32.3. The molecule has 0 amide bonds. The van der Waals surface area contributed by atoms with Crippen LogP contribution in [0.5, 0.6) is 0 Å². The molecule has 0 aromatic rings. The standard InChI is InChI=1S/C39H67O13P/c1-4-5-15-22-33(41)23-17-12-9-10-13-18-24-36(43)37(44)25-20-27-39(46)52-35(31-51-53(47,48)50-29-34(42)28-40)30-49-38(45)26-19-14-8-6-7-11-16-21-32(2)3/h5,9-10,12-13,15,17-18,23-24,32-37,40-44H,4,6-8,11,14,16,19-22,25-31H2,1-3H3,(H,47,48)/b12-9+,13-10-,15-5-,23-17+,24-18-/t33-,34-,35+,36+,37+/m0/s1. The number of aliphatic hydroxyl groups is 5. The number of hydrogen-bond acceptors (Lipinski definition) is 12. The van der Waals surface area contributed by atoms with Crippen molar-refractivity contribution >= 4 is 19.8 Å². The van der Waals surface area contributed by atoms with Gasteiger partial charge in [-0.3, -0.25) is 18.6 Å². The van der Waals surface area contributed by atoms with E-state index in [2.05, 4.69) is 18.4 Å². The molecule has 0 rings (SSSR count). The van der Waals surface area contributed by atoms with E-state index in [9.17, 15) is 39.5 Å². The minimum atomic E-state index is -4.71. The SMILES string of the molecule is CC/C=C\C[C@H](O)/C=C/C=C/C=C\C=C/[C@@H](O)[C@H](O)CCCC(=O)O[C@H](COC(=O)CCCCCCCCCC(C)C)COP(=O)(O)OC[C@@H](O)CO. The Kier molecular flexibility index (Phi) is 31.4. The van der Waals surface area contributed by atoms with Crippen LogP contribution >= 0.6 is 7.82 Å². The molecule has 0 saturated carbocycles. The summed E-state index contributed by atoms with van der Waals surface area (Å²) in [7, 11) is -4.71. The van der Waals surface area contributed by atoms with Crippen LogP contribution in [0.1, 0.15) is 111 Å². The van der Waals surface area contributed by atoms with Crippen molar-refractivity contribution in [2.75, 3.05) is 26.4 Å². The van der Waals surface area contributed by atoms with Gasteiger partial charge in [0.15, 0.2) is 6.10 Å². The van der Waals surface area contributed by atoms with Gasteiger partial charge in [-0.15, -0.1) is 0 Å². The fraction of sp³-hybridized carbons (Fsp3) is 0.692. The lowest BCUT2D eigenvalue weighted by Gasteiger charge is -2.20. The average Bonchev–Trinajstić information content (AvgIpc) is 3.11. The molecule has 0 bridgehead atoms. The molecule has 0 saturated heterocycles. The van der Waals surface area contributed by atoms with E-state index in [-0.39, 0.29) is 25.7 Å². The minimum absolute atomic E-state index is 0.0613. The van der Waals surface area contributed by atoms with E-state index in [1.165, 1.54) is 31.8 Å². The monoisotopic (exact) mass is 774 g/mol. The highest BCUT2D eigenvalue weighted by atomic mass is 31.2. The smallest absolute Gasteiger partial charge is 0.462 e. The van der Waals surface area contributed by atoms with Gasteiger partial charge in [0.2, 0.25) is 0 Å². The highest BCUT2D eigenvalue weighted by molar-refractivity contribution is 7.47. The van der Waals surface area contributed by atoms with E-state index in [0.29, 0.717) is 18.8 Å². The number of allylic oxidation sites excluding steroid dienone is 7. The summed E-state index contributed by atoms with van der Waals surface area (Å²) in [4.78, 5) is 34.8. The van der Waals surface area contributed by atoms with Crippen LogP contribution in [-0.4, -0.2) is 99.3 Å². The maximum Gasteiger partial charge on any atom is 0.472 e. The topological polar surface area (TPSA) is 210 Å². The number of phosphoric acid groups is 1. The first-order valence-corrected chi connectivity index (χ1v) is 20.4. The van der Waals surface area contributed by atoms with Gasteiger partial charge in [0.25, 0.3) is 0 Å². The van der Waals surface area contributed by atoms with E-state index >= 15 is 0 Å². The van der Waals surface area contributed by atoms with Crippen LogP contribution in [0.2, 0.25) is 0 Å². The molecule has 0 aliphatic rings. The lowest BCUT2D eigenvalue weighted by molar-refractivity contribution is -0.161. The molecule has 0 aliphatic carbocycles. The Balaban J connectivity index is 4.77. The van der Waals surface area contributed by atoms with E-state index in [1.807, 2.05) is 19.1 Å². The van der Waals surface area contributed by atoms with Crippen molar-refractivity contribution in [3.8, 4) is 0 Å². The third-order valence-electron chi connectivity index (χ3n) is 7.71. The summed E-state index contributed by atoms with van der Waals surface area (Å²) in [5.74, 6) is -0.553. The number of unbranched alkanes of at least 4 members (excludes halogenated alkanes) is 6. The molecule has 53 heavy (non-hydrogen) atoms. The molecule has 0 radical (unpaired) electrons. The van der Waals surface area contributed by atoms with Crippen LogP contribution in [0.15, 0.2) is 60.8 Å². The Bertz CT molecular complexity index is 1130. The molecule has 6 N–H and O–H groups in total. The molecule has 0 spiro atoms. The molecule has 0 aromatic carbocycles. The van der Waals surface area contributed by atoms with Crippen LogP contribution in [0, 0.1) is 5.92 Å². The second kappa shape index (κ2) is 32.9. The summed E-state index contributed by atoms with van der Waals surface area (Å²) in [6.45, 7) is 3.97. The van der Waals surface area contributed by atoms with E-state index in [1.54, 1.807) is 42.5 Å². The Morgan fingerprint density at radius 1 is 0.698 bits per heavy atom. The Labute approximate surface area is 316 Å². The molecule has 14 heteroatoms. The predicted molar refractivity (Wildman–Crippen MR) is 205 cm³/mol. The zero-order chi connectivity index (χ0) is 39.7. The van der Waals surface area contributed by atoms with Crippen LogP contribution < -0.4 is 0 Å². The number of phosphoric ester groups is 1. The molecule has 0 fully saturated rings. The van der Waals surface area contributed by atoms with Gasteiger partial charge in [-0.2, -0.15) is 0 Å². The normalized spacial score (nSPS) is 16.6. The molecule has 0 aliphatic heterocycles. The van der Waals surface area contributed by atoms with Crippen molar-refractivity contribution in [1.82, 2.24) is 0 Å². The van der Waals surface area contributed by atoms with Crippen LogP contribution in [0.25, 0.3) is 0 Å². The first kappa shape index (κ1) is 50.5. The molecule has 6 atom stereocenters. The fourth-order valence-electron chi connectivity index (χ4n) is 4.63. The zero-order valence-corrected chi connectivity index (χ0v) is 32.8. The second-order valence-electron chi connectivity index (χ2n) is 13.3. The lowest BCUT2D eigenvalue weighted by Crippen LogP contribution is -2.30. The largest absolute Gasteiger partial charge is 0.472 e. The maximum atomic E-state index is 12.6. The molecule has 0 aromatic heterocycles.